The highest BCUT2D eigenvalue weighted by atomic mass is 16.5. The van der Waals surface area contributed by atoms with Crippen LogP contribution in [0.4, 0.5) is 4.79 Å². The summed E-state index contributed by atoms with van der Waals surface area (Å²) >= 11 is 0. The van der Waals surface area contributed by atoms with E-state index >= 15 is 0 Å². The van der Waals surface area contributed by atoms with Crippen LogP contribution in [0.25, 0.3) is 11.4 Å². The molecule has 1 N–H and O–H groups in total. The first-order valence-corrected chi connectivity index (χ1v) is 12.7. The van der Waals surface area contributed by atoms with Gasteiger partial charge >= 0.3 is 12.0 Å². The third kappa shape index (κ3) is 5.82. The smallest absolute Gasteiger partial charge is 0.342 e. The van der Waals surface area contributed by atoms with E-state index in [1.165, 1.54) is 7.11 Å². The number of urea groups is 1. The van der Waals surface area contributed by atoms with Crippen molar-refractivity contribution in [2.45, 2.75) is 39.3 Å². The Morgan fingerprint density at radius 2 is 1.66 bits per heavy atom. The number of hydrogen-bond acceptors (Lipinski definition) is 6. The molecule has 38 heavy (non-hydrogen) atoms. The van der Waals surface area contributed by atoms with E-state index < -0.39 is 5.97 Å². The fourth-order valence-electron chi connectivity index (χ4n) is 4.54. The number of amides is 3. The van der Waals surface area contributed by atoms with Gasteiger partial charge in [-0.15, -0.1) is 0 Å². The standard InChI is InChI=1S/C29H33N5O4/c1-19(2)24-23(28(36)38-4)25(32-26(31-24)22-13-9-6-10-14-22)27(35)33-15-16-34(20(3)18-33)29(37)30-17-21-11-7-5-8-12-21/h5-14,19-20H,15-18H2,1-4H3,(H,30,37). The Labute approximate surface area is 222 Å². The van der Waals surface area contributed by atoms with Crippen LogP contribution in [0.5, 0.6) is 0 Å². The van der Waals surface area contributed by atoms with Gasteiger partial charge in [-0.25, -0.2) is 19.6 Å². The first kappa shape index (κ1) is 26.8. The second kappa shape index (κ2) is 11.9. The van der Waals surface area contributed by atoms with Crippen LogP contribution in [0.2, 0.25) is 0 Å². The second-order valence-corrected chi connectivity index (χ2v) is 9.61. The van der Waals surface area contributed by atoms with E-state index in [4.69, 9.17) is 4.74 Å². The molecule has 0 aliphatic carbocycles. The van der Waals surface area contributed by atoms with Crippen molar-refractivity contribution in [3.05, 3.63) is 83.2 Å². The molecule has 1 aliphatic rings. The maximum Gasteiger partial charge on any atom is 0.342 e. The Hall–Kier alpha value is -4.27. The summed E-state index contributed by atoms with van der Waals surface area (Å²) in [4.78, 5) is 52.1. The molecule has 0 bridgehead atoms. The maximum atomic E-state index is 13.8. The van der Waals surface area contributed by atoms with Crippen molar-refractivity contribution < 1.29 is 19.1 Å². The Morgan fingerprint density at radius 1 is 1.00 bits per heavy atom. The van der Waals surface area contributed by atoms with Crippen molar-refractivity contribution in [2.24, 2.45) is 0 Å². The Balaban J connectivity index is 1.58. The highest BCUT2D eigenvalue weighted by molar-refractivity contribution is 6.05. The number of carbonyl (C=O) groups excluding carboxylic acids is 3. The lowest BCUT2D eigenvalue weighted by Gasteiger charge is -2.39. The minimum Gasteiger partial charge on any atom is -0.465 e. The zero-order valence-electron chi connectivity index (χ0n) is 22.2. The summed E-state index contributed by atoms with van der Waals surface area (Å²) < 4.78 is 5.03. The SMILES string of the molecule is COC(=O)c1c(C(=O)N2CCN(C(=O)NCc3ccccc3)C(C)C2)nc(-c2ccccc2)nc1C(C)C. The van der Waals surface area contributed by atoms with Crippen LogP contribution in [0, 0.1) is 0 Å². The Bertz CT molecular complexity index is 1300. The molecule has 0 radical (unpaired) electrons. The average Bonchev–Trinajstić information content (AvgIpc) is 2.95. The third-order valence-electron chi connectivity index (χ3n) is 6.57. The number of rotatable bonds is 6. The topological polar surface area (TPSA) is 105 Å². The number of hydrogen-bond donors (Lipinski definition) is 1. The summed E-state index contributed by atoms with van der Waals surface area (Å²) in [6.07, 6.45) is 0. The Morgan fingerprint density at radius 3 is 2.26 bits per heavy atom. The van der Waals surface area contributed by atoms with E-state index in [0.29, 0.717) is 37.7 Å². The summed E-state index contributed by atoms with van der Waals surface area (Å²) in [6.45, 7) is 7.12. The van der Waals surface area contributed by atoms with Gasteiger partial charge in [0, 0.05) is 37.8 Å². The minimum absolute atomic E-state index is 0.0172. The molecule has 0 saturated carbocycles. The molecule has 1 aromatic heterocycles. The van der Waals surface area contributed by atoms with Crippen LogP contribution < -0.4 is 5.32 Å². The molecule has 4 rings (SSSR count). The molecule has 1 aliphatic heterocycles. The second-order valence-electron chi connectivity index (χ2n) is 9.61. The van der Waals surface area contributed by atoms with Gasteiger partial charge in [0.15, 0.2) is 5.82 Å². The number of nitrogens with one attached hydrogen (secondary N) is 1. The molecular formula is C29H33N5O4. The van der Waals surface area contributed by atoms with E-state index in [0.717, 1.165) is 11.1 Å². The summed E-state index contributed by atoms with van der Waals surface area (Å²) in [5.41, 5.74) is 2.32. The molecule has 1 unspecified atom stereocenters. The molecule has 198 valence electrons. The van der Waals surface area contributed by atoms with E-state index in [-0.39, 0.29) is 35.2 Å². The highest BCUT2D eigenvalue weighted by Gasteiger charge is 2.34. The molecule has 9 heteroatoms. The van der Waals surface area contributed by atoms with Crippen LogP contribution in [-0.2, 0) is 11.3 Å². The lowest BCUT2D eigenvalue weighted by molar-refractivity contribution is 0.0543. The number of benzene rings is 2. The maximum absolute atomic E-state index is 13.8. The van der Waals surface area contributed by atoms with Gasteiger partial charge in [-0.2, -0.15) is 0 Å². The van der Waals surface area contributed by atoms with E-state index in [9.17, 15) is 14.4 Å². The summed E-state index contributed by atoms with van der Waals surface area (Å²) in [6, 6.07) is 18.6. The molecule has 1 saturated heterocycles. The molecule has 1 fully saturated rings. The van der Waals surface area contributed by atoms with Crippen molar-refractivity contribution in [3.8, 4) is 11.4 Å². The van der Waals surface area contributed by atoms with Crippen molar-refractivity contribution in [3.63, 3.8) is 0 Å². The van der Waals surface area contributed by atoms with Gasteiger partial charge in [0.1, 0.15) is 11.3 Å². The largest absolute Gasteiger partial charge is 0.465 e. The molecule has 3 aromatic rings. The zero-order valence-corrected chi connectivity index (χ0v) is 22.2. The summed E-state index contributed by atoms with van der Waals surface area (Å²) in [5, 5.41) is 2.95. The molecule has 3 amide bonds. The highest BCUT2D eigenvalue weighted by Crippen LogP contribution is 2.27. The third-order valence-corrected chi connectivity index (χ3v) is 6.57. The van der Waals surface area contributed by atoms with Crippen LogP contribution >= 0.6 is 0 Å². The van der Waals surface area contributed by atoms with Crippen molar-refractivity contribution in [2.75, 3.05) is 26.7 Å². The first-order valence-electron chi connectivity index (χ1n) is 12.7. The van der Waals surface area contributed by atoms with Crippen molar-refractivity contribution >= 4 is 17.9 Å². The fraction of sp³-hybridized carbons (Fsp3) is 0.345. The average molecular weight is 516 g/mol. The molecule has 9 nitrogen and oxygen atoms in total. The fourth-order valence-corrected chi connectivity index (χ4v) is 4.54. The summed E-state index contributed by atoms with van der Waals surface area (Å²) in [5.74, 6) is -0.811. The van der Waals surface area contributed by atoms with Crippen LogP contribution in [0.15, 0.2) is 60.7 Å². The monoisotopic (exact) mass is 515 g/mol. The van der Waals surface area contributed by atoms with E-state index in [1.807, 2.05) is 81.4 Å². The van der Waals surface area contributed by atoms with Gasteiger partial charge in [0.05, 0.1) is 12.8 Å². The lowest BCUT2D eigenvalue weighted by atomic mass is 10.00. The predicted octanol–water partition coefficient (Wildman–Crippen LogP) is 4.11. The molecule has 2 heterocycles. The number of esters is 1. The molecular weight excluding hydrogens is 482 g/mol. The van der Waals surface area contributed by atoms with Gasteiger partial charge < -0.3 is 19.9 Å². The number of carbonyl (C=O) groups is 3. The van der Waals surface area contributed by atoms with Crippen LogP contribution in [0.3, 0.4) is 0 Å². The number of piperazine rings is 1. The van der Waals surface area contributed by atoms with Crippen molar-refractivity contribution in [1.29, 1.82) is 0 Å². The normalized spacial score (nSPS) is 15.3. The number of aromatic nitrogens is 2. The van der Waals surface area contributed by atoms with Gasteiger partial charge in [-0.1, -0.05) is 74.5 Å². The number of nitrogens with zero attached hydrogens (tertiary/aromatic N) is 4. The van der Waals surface area contributed by atoms with Crippen LogP contribution in [0.1, 0.15) is 58.8 Å². The number of ether oxygens (including phenoxy) is 1. The predicted molar refractivity (Wildman–Crippen MR) is 144 cm³/mol. The van der Waals surface area contributed by atoms with E-state index in [1.54, 1.807) is 9.80 Å². The lowest BCUT2D eigenvalue weighted by Crippen LogP contribution is -2.57. The molecule has 1 atom stereocenters. The van der Waals surface area contributed by atoms with E-state index in [2.05, 4.69) is 15.3 Å². The molecule has 0 spiro atoms. The van der Waals surface area contributed by atoms with Gasteiger partial charge in [-0.05, 0) is 18.4 Å². The Kier molecular flexibility index (Phi) is 8.35. The quantitative estimate of drug-likeness (QED) is 0.496. The summed E-state index contributed by atoms with van der Waals surface area (Å²) in [7, 11) is 1.28. The van der Waals surface area contributed by atoms with Crippen molar-refractivity contribution in [1.82, 2.24) is 25.1 Å². The van der Waals surface area contributed by atoms with Gasteiger partial charge in [0.25, 0.3) is 5.91 Å². The zero-order chi connectivity index (χ0) is 27.2. The van der Waals surface area contributed by atoms with Crippen LogP contribution in [-0.4, -0.2) is 70.5 Å². The number of methoxy groups -OCH3 is 1. The van der Waals surface area contributed by atoms with Gasteiger partial charge in [0.2, 0.25) is 0 Å². The van der Waals surface area contributed by atoms with Gasteiger partial charge in [-0.3, -0.25) is 4.79 Å². The first-order chi connectivity index (χ1) is 18.3. The molecule has 2 aromatic carbocycles. The minimum atomic E-state index is -0.649.